The van der Waals surface area contributed by atoms with Crippen LogP contribution in [0, 0.1) is 16.7 Å². The molecular formula is C13H12N2O3. The first-order valence-corrected chi connectivity index (χ1v) is 5.64. The summed E-state index contributed by atoms with van der Waals surface area (Å²) in [7, 11) is 0. The van der Waals surface area contributed by atoms with Crippen molar-refractivity contribution in [3.05, 3.63) is 29.8 Å². The van der Waals surface area contributed by atoms with E-state index >= 15 is 0 Å². The van der Waals surface area contributed by atoms with Crippen molar-refractivity contribution in [3.8, 4) is 6.07 Å². The monoisotopic (exact) mass is 244 g/mol. The van der Waals surface area contributed by atoms with Gasteiger partial charge in [0.1, 0.15) is 11.5 Å². The minimum atomic E-state index is -1.32. The third-order valence-electron chi connectivity index (χ3n) is 3.35. The maximum atomic E-state index is 12.0. The fraction of sp³-hybridized carbons (Fsp3) is 0.308. The number of carboxylic acid groups (broad SMARTS) is 1. The Hall–Kier alpha value is -2.35. The molecule has 1 fully saturated rings. The molecule has 0 atom stereocenters. The number of nitrogens with zero attached hydrogens (tertiary/aromatic N) is 1. The molecule has 1 amide bonds. The highest BCUT2D eigenvalue weighted by Crippen LogP contribution is 2.42. The first-order valence-electron chi connectivity index (χ1n) is 5.64. The number of hydrogen-bond acceptors (Lipinski definition) is 3. The van der Waals surface area contributed by atoms with Crippen LogP contribution in [0.2, 0.25) is 0 Å². The Balaban J connectivity index is 2.22. The van der Waals surface area contributed by atoms with E-state index in [1.54, 1.807) is 24.3 Å². The largest absolute Gasteiger partial charge is 0.480 e. The van der Waals surface area contributed by atoms with Crippen molar-refractivity contribution in [3.63, 3.8) is 0 Å². The number of benzene rings is 1. The summed E-state index contributed by atoms with van der Waals surface area (Å²) in [6, 6.07) is 8.49. The summed E-state index contributed by atoms with van der Waals surface area (Å²) in [6.45, 7) is 0. The van der Waals surface area contributed by atoms with E-state index in [0.29, 0.717) is 24.1 Å². The molecule has 5 nitrogen and oxygen atoms in total. The number of carboxylic acids is 1. The Labute approximate surface area is 104 Å². The molecule has 0 aliphatic heterocycles. The molecule has 2 rings (SSSR count). The van der Waals surface area contributed by atoms with Crippen molar-refractivity contribution in [2.24, 2.45) is 5.41 Å². The Kier molecular flexibility index (Phi) is 3.02. The van der Waals surface area contributed by atoms with Crippen molar-refractivity contribution >= 4 is 17.6 Å². The smallest absolute Gasteiger partial charge is 0.319 e. The normalized spacial score (nSPS) is 16.2. The van der Waals surface area contributed by atoms with Crippen LogP contribution in [0.4, 0.5) is 5.69 Å². The van der Waals surface area contributed by atoms with Gasteiger partial charge in [0.05, 0.1) is 11.3 Å². The third-order valence-corrected chi connectivity index (χ3v) is 3.35. The molecule has 1 aromatic carbocycles. The fourth-order valence-electron chi connectivity index (χ4n) is 2.00. The highest BCUT2D eigenvalue weighted by atomic mass is 16.4. The van der Waals surface area contributed by atoms with Gasteiger partial charge in [0.2, 0.25) is 5.91 Å². The van der Waals surface area contributed by atoms with E-state index in [1.165, 1.54) is 0 Å². The quantitative estimate of drug-likeness (QED) is 0.792. The van der Waals surface area contributed by atoms with Gasteiger partial charge >= 0.3 is 5.97 Å². The molecule has 0 unspecified atom stereocenters. The average molecular weight is 244 g/mol. The van der Waals surface area contributed by atoms with Crippen LogP contribution < -0.4 is 5.32 Å². The summed E-state index contributed by atoms with van der Waals surface area (Å²) < 4.78 is 0. The number of hydrogen-bond donors (Lipinski definition) is 2. The summed E-state index contributed by atoms with van der Waals surface area (Å²) >= 11 is 0. The number of rotatable bonds is 3. The van der Waals surface area contributed by atoms with Gasteiger partial charge < -0.3 is 10.4 Å². The van der Waals surface area contributed by atoms with Crippen LogP contribution in [0.3, 0.4) is 0 Å². The summed E-state index contributed by atoms with van der Waals surface area (Å²) in [4.78, 5) is 23.2. The van der Waals surface area contributed by atoms with Gasteiger partial charge in [-0.2, -0.15) is 5.26 Å². The lowest BCUT2D eigenvalue weighted by atomic mass is 9.68. The predicted octanol–water partition coefficient (Wildman–Crippen LogP) is 1.75. The van der Waals surface area contributed by atoms with E-state index in [9.17, 15) is 9.59 Å². The lowest BCUT2D eigenvalue weighted by molar-refractivity contribution is -0.159. The van der Waals surface area contributed by atoms with Crippen molar-refractivity contribution in [2.45, 2.75) is 19.3 Å². The highest BCUT2D eigenvalue weighted by molar-refractivity contribution is 6.09. The zero-order chi connectivity index (χ0) is 13.2. The SMILES string of the molecule is N#Cc1ccccc1NC(=O)C1(C(=O)O)CCC1. The van der Waals surface area contributed by atoms with E-state index in [4.69, 9.17) is 10.4 Å². The molecule has 0 radical (unpaired) electrons. The standard InChI is InChI=1S/C13H12N2O3/c14-8-9-4-1-2-5-10(9)15-11(16)13(12(17)18)6-3-7-13/h1-2,4-5H,3,6-7H2,(H,15,16)(H,17,18). The van der Waals surface area contributed by atoms with Crippen molar-refractivity contribution in [1.82, 2.24) is 0 Å². The summed E-state index contributed by atoms with van der Waals surface area (Å²) in [5.74, 6) is -1.63. The molecule has 2 N–H and O–H groups in total. The van der Waals surface area contributed by atoms with Gasteiger partial charge in [-0.15, -0.1) is 0 Å². The summed E-state index contributed by atoms with van der Waals surface area (Å²) in [6.07, 6.45) is 1.44. The lowest BCUT2D eigenvalue weighted by Gasteiger charge is -2.35. The highest BCUT2D eigenvalue weighted by Gasteiger charge is 2.51. The van der Waals surface area contributed by atoms with Crippen molar-refractivity contribution in [1.29, 1.82) is 5.26 Å². The molecular weight excluding hydrogens is 232 g/mol. The van der Waals surface area contributed by atoms with Crippen LogP contribution in [0.1, 0.15) is 24.8 Å². The van der Waals surface area contributed by atoms with Gasteiger partial charge in [-0.1, -0.05) is 18.6 Å². The van der Waals surface area contributed by atoms with E-state index < -0.39 is 17.3 Å². The molecule has 18 heavy (non-hydrogen) atoms. The van der Waals surface area contributed by atoms with Crippen LogP contribution >= 0.6 is 0 Å². The average Bonchev–Trinajstić information content (AvgIpc) is 2.27. The number of anilines is 1. The van der Waals surface area contributed by atoms with Crippen LogP contribution in [-0.4, -0.2) is 17.0 Å². The second kappa shape index (κ2) is 4.49. The molecule has 0 heterocycles. The van der Waals surface area contributed by atoms with Gasteiger partial charge in [0, 0.05) is 0 Å². The van der Waals surface area contributed by atoms with E-state index in [0.717, 1.165) is 6.42 Å². The molecule has 0 spiro atoms. The number of amides is 1. The van der Waals surface area contributed by atoms with Gasteiger partial charge in [-0.05, 0) is 25.0 Å². The number of nitriles is 1. The molecule has 0 aromatic heterocycles. The summed E-state index contributed by atoms with van der Waals surface area (Å²) in [5, 5.41) is 20.6. The van der Waals surface area contributed by atoms with Crippen LogP contribution in [-0.2, 0) is 9.59 Å². The minimum absolute atomic E-state index is 0.325. The topological polar surface area (TPSA) is 90.2 Å². The predicted molar refractivity (Wildman–Crippen MR) is 63.7 cm³/mol. The van der Waals surface area contributed by atoms with Crippen LogP contribution in [0.15, 0.2) is 24.3 Å². The Morgan fingerprint density at radius 1 is 1.33 bits per heavy atom. The number of aliphatic carboxylic acids is 1. The molecule has 0 bridgehead atoms. The molecule has 1 aliphatic carbocycles. The number of para-hydroxylation sites is 1. The first-order chi connectivity index (χ1) is 8.60. The van der Waals surface area contributed by atoms with Crippen molar-refractivity contribution < 1.29 is 14.7 Å². The number of carbonyl (C=O) groups is 2. The molecule has 1 aromatic rings. The van der Waals surface area contributed by atoms with Gasteiger partial charge in [0.25, 0.3) is 0 Å². The van der Waals surface area contributed by atoms with Gasteiger partial charge in [0.15, 0.2) is 0 Å². The molecule has 92 valence electrons. The zero-order valence-electron chi connectivity index (χ0n) is 9.64. The van der Waals surface area contributed by atoms with Crippen LogP contribution in [0.25, 0.3) is 0 Å². The second-order valence-electron chi connectivity index (χ2n) is 4.35. The Morgan fingerprint density at radius 2 is 2.00 bits per heavy atom. The van der Waals surface area contributed by atoms with Gasteiger partial charge in [-0.3, -0.25) is 9.59 Å². The second-order valence-corrected chi connectivity index (χ2v) is 4.35. The fourth-order valence-corrected chi connectivity index (χ4v) is 2.00. The third kappa shape index (κ3) is 1.82. The van der Waals surface area contributed by atoms with E-state index in [-0.39, 0.29) is 0 Å². The van der Waals surface area contributed by atoms with Crippen molar-refractivity contribution in [2.75, 3.05) is 5.32 Å². The van der Waals surface area contributed by atoms with Crippen LogP contribution in [0.5, 0.6) is 0 Å². The first kappa shape index (κ1) is 12.1. The van der Waals surface area contributed by atoms with Gasteiger partial charge in [-0.25, -0.2) is 0 Å². The minimum Gasteiger partial charge on any atom is -0.480 e. The molecule has 1 aliphatic rings. The number of nitrogens with one attached hydrogen (secondary N) is 1. The van der Waals surface area contributed by atoms with E-state index in [2.05, 4.69) is 5.32 Å². The lowest BCUT2D eigenvalue weighted by Crippen LogP contribution is -2.48. The maximum absolute atomic E-state index is 12.0. The van der Waals surface area contributed by atoms with E-state index in [1.807, 2.05) is 6.07 Å². The molecule has 0 saturated heterocycles. The Bertz CT molecular complexity index is 541. The zero-order valence-corrected chi connectivity index (χ0v) is 9.64. The number of carbonyl (C=O) groups excluding carboxylic acids is 1. The Morgan fingerprint density at radius 3 is 2.50 bits per heavy atom. The summed E-state index contributed by atoms with van der Waals surface area (Å²) in [5.41, 5.74) is -0.633. The molecule has 1 saturated carbocycles. The molecule has 5 heteroatoms. The maximum Gasteiger partial charge on any atom is 0.319 e.